The van der Waals surface area contributed by atoms with E-state index in [1.165, 1.54) is 12.1 Å². The van der Waals surface area contributed by atoms with Crippen LogP contribution in [0.15, 0.2) is 22.7 Å². The fourth-order valence-corrected chi connectivity index (χ4v) is 2.20. The first-order chi connectivity index (χ1) is 9.79. The predicted molar refractivity (Wildman–Crippen MR) is 82.2 cm³/mol. The third kappa shape index (κ3) is 6.09. The molecular formula is C13H18BrN3O4. The summed E-state index contributed by atoms with van der Waals surface area (Å²) in [7, 11) is 0. The van der Waals surface area contributed by atoms with Crippen LogP contribution in [0.5, 0.6) is 5.75 Å². The van der Waals surface area contributed by atoms with E-state index in [9.17, 15) is 14.9 Å². The number of rotatable bonds is 8. The number of ether oxygens (including phenoxy) is 1. The molecule has 1 rings (SSSR count). The average molecular weight is 360 g/mol. The van der Waals surface area contributed by atoms with Crippen molar-refractivity contribution in [1.82, 2.24) is 5.32 Å². The van der Waals surface area contributed by atoms with Crippen molar-refractivity contribution in [2.24, 2.45) is 5.73 Å². The van der Waals surface area contributed by atoms with Crippen molar-refractivity contribution < 1.29 is 14.5 Å². The monoisotopic (exact) mass is 359 g/mol. The zero-order valence-corrected chi connectivity index (χ0v) is 13.4. The number of benzene rings is 1. The topological polar surface area (TPSA) is 107 Å². The average Bonchev–Trinajstić information content (AvgIpc) is 2.36. The zero-order chi connectivity index (χ0) is 16.0. The smallest absolute Gasteiger partial charge is 0.274 e. The Labute approximate surface area is 131 Å². The van der Waals surface area contributed by atoms with E-state index in [1.807, 2.05) is 13.8 Å². The summed E-state index contributed by atoms with van der Waals surface area (Å²) in [5.74, 6) is -0.0867. The lowest BCUT2D eigenvalue weighted by Crippen LogP contribution is -2.45. The fraction of sp³-hybridized carbons (Fsp3) is 0.462. The second-order valence-corrected chi connectivity index (χ2v) is 5.73. The molecule has 1 atom stereocenters. The minimum Gasteiger partial charge on any atom is -0.493 e. The number of nitrogens with one attached hydrogen (secondary N) is 1. The maximum Gasteiger partial charge on any atom is 0.274 e. The lowest BCUT2D eigenvalue weighted by Gasteiger charge is -2.18. The standard InChI is InChI=1S/C13H18BrN3O4/c1-8(2)16-12(13(15)18)3-4-21-11-6-9(14)5-10(7-11)17(19)20/h5-8,12,16H,3-4H2,1-2H3,(H2,15,18). The van der Waals surface area contributed by atoms with Gasteiger partial charge in [0.15, 0.2) is 0 Å². The van der Waals surface area contributed by atoms with E-state index in [2.05, 4.69) is 21.2 Å². The van der Waals surface area contributed by atoms with Crippen LogP contribution in [0.3, 0.4) is 0 Å². The van der Waals surface area contributed by atoms with Gasteiger partial charge in [0.25, 0.3) is 5.69 Å². The second-order valence-electron chi connectivity index (χ2n) is 4.82. The van der Waals surface area contributed by atoms with Crippen LogP contribution < -0.4 is 15.8 Å². The summed E-state index contributed by atoms with van der Waals surface area (Å²) in [4.78, 5) is 21.5. The number of carbonyl (C=O) groups is 1. The van der Waals surface area contributed by atoms with E-state index in [4.69, 9.17) is 10.5 Å². The maximum absolute atomic E-state index is 11.3. The van der Waals surface area contributed by atoms with Gasteiger partial charge in [-0.1, -0.05) is 29.8 Å². The number of hydrogen-bond donors (Lipinski definition) is 2. The fourth-order valence-electron chi connectivity index (χ4n) is 1.74. The molecule has 21 heavy (non-hydrogen) atoms. The van der Waals surface area contributed by atoms with Gasteiger partial charge >= 0.3 is 0 Å². The second kappa shape index (κ2) is 7.94. The van der Waals surface area contributed by atoms with Gasteiger partial charge < -0.3 is 15.8 Å². The molecule has 0 aliphatic carbocycles. The van der Waals surface area contributed by atoms with Gasteiger partial charge in [-0.2, -0.15) is 0 Å². The Morgan fingerprint density at radius 2 is 2.14 bits per heavy atom. The van der Waals surface area contributed by atoms with E-state index in [-0.39, 0.29) is 18.3 Å². The summed E-state index contributed by atoms with van der Waals surface area (Å²) in [5, 5.41) is 13.8. The highest BCUT2D eigenvalue weighted by molar-refractivity contribution is 9.10. The van der Waals surface area contributed by atoms with Gasteiger partial charge in [-0.25, -0.2) is 0 Å². The number of nitrogens with two attached hydrogens (primary N) is 1. The number of carbonyl (C=O) groups excluding carboxylic acids is 1. The van der Waals surface area contributed by atoms with E-state index >= 15 is 0 Å². The molecule has 0 aromatic heterocycles. The van der Waals surface area contributed by atoms with Gasteiger partial charge in [-0.3, -0.25) is 14.9 Å². The lowest BCUT2D eigenvalue weighted by molar-refractivity contribution is -0.385. The van der Waals surface area contributed by atoms with Gasteiger partial charge in [-0.05, 0) is 6.07 Å². The first kappa shape index (κ1) is 17.4. The van der Waals surface area contributed by atoms with Crippen molar-refractivity contribution in [2.45, 2.75) is 32.4 Å². The minimum absolute atomic E-state index is 0.0638. The summed E-state index contributed by atoms with van der Waals surface area (Å²) < 4.78 is 6.01. The van der Waals surface area contributed by atoms with Crippen molar-refractivity contribution in [3.8, 4) is 5.75 Å². The summed E-state index contributed by atoms with van der Waals surface area (Å²) in [6.45, 7) is 4.05. The first-order valence-electron chi connectivity index (χ1n) is 6.42. The number of primary amides is 1. The van der Waals surface area contributed by atoms with E-state index in [1.54, 1.807) is 6.07 Å². The molecule has 116 valence electrons. The van der Waals surface area contributed by atoms with Crippen LogP contribution in [0.25, 0.3) is 0 Å². The van der Waals surface area contributed by atoms with Crippen LogP contribution in [0.2, 0.25) is 0 Å². The van der Waals surface area contributed by atoms with Gasteiger partial charge in [0.1, 0.15) is 5.75 Å². The summed E-state index contributed by atoms with van der Waals surface area (Å²) >= 11 is 3.19. The molecule has 0 radical (unpaired) electrons. The largest absolute Gasteiger partial charge is 0.493 e. The van der Waals surface area contributed by atoms with Crippen molar-refractivity contribution in [3.05, 3.63) is 32.8 Å². The van der Waals surface area contributed by atoms with Crippen LogP contribution >= 0.6 is 15.9 Å². The van der Waals surface area contributed by atoms with Crippen molar-refractivity contribution in [3.63, 3.8) is 0 Å². The van der Waals surface area contributed by atoms with E-state index in [0.29, 0.717) is 16.6 Å². The predicted octanol–water partition coefficient (Wildman–Crippen LogP) is 1.98. The Kier molecular flexibility index (Phi) is 6.57. The van der Waals surface area contributed by atoms with E-state index in [0.717, 1.165) is 0 Å². The molecular weight excluding hydrogens is 342 g/mol. The Bertz CT molecular complexity index is 522. The van der Waals surface area contributed by atoms with Crippen LogP contribution in [0.4, 0.5) is 5.69 Å². The maximum atomic E-state index is 11.3. The molecule has 0 fully saturated rings. The molecule has 0 saturated carbocycles. The number of nitro groups is 1. The molecule has 0 bridgehead atoms. The Morgan fingerprint density at radius 1 is 1.48 bits per heavy atom. The quantitative estimate of drug-likeness (QED) is 0.544. The molecule has 3 N–H and O–H groups in total. The molecule has 0 heterocycles. The molecule has 0 aliphatic rings. The molecule has 7 nitrogen and oxygen atoms in total. The number of halogens is 1. The molecule has 8 heteroatoms. The third-order valence-electron chi connectivity index (χ3n) is 2.62. The van der Waals surface area contributed by atoms with Crippen molar-refractivity contribution in [1.29, 1.82) is 0 Å². The van der Waals surface area contributed by atoms with Crippen LogP contribution in [0, 0.1) is 10.1 Å². The van der Waals surface area contributed by atoms with Crippen LogP contribution in [0.1, 0.15) is 20.3 Å². The normalized spacial score (nSPS) is 12.2. The third-order valence-corrected chi connectivity index (χ3v) is 3.08. The number of amides is 1. The zero-order valence-electron chi connectivity index (χ0n) is 11.8. The first-order valence-corrected chi connectivity index (χ1v) is 7.22. The van der Waals surface area contributed by atoms with E-state index < -0.39 is 16.9 Å². The Hall–Kier alpha value is -1.67. The Morgan fingerprint density at radius 3 is 2.67 bits per heavy atom. The van der Waals surface area contributed by atoms with Gasteiger partial charge in [0.2, 0.25) is 5.91 Å². The van der Waals surface area contributed by atoms with Gasteiger partial charge in [0.05, 0.1) is 23.6 Å². The number of non-ortho nitro benzene ring substituents is 1. The molecule has 0 aliphatic heterocycles. The number of nitrogens with zero attached hydrogens (tertiary/aromatic N) is 1. The van der Waals surface area contributed by atoms with Crippen molar-refractivity contribution >= 4 is 27.5 Å². The van der Waals surface area contributed by atoms with Crippen molar-refractivity contribution in [2.75, 3.05) is 6.61 Å². The summed E-state index contributed by atoms with van der Waals surface area (Å²) in [6, 6.07) is 3.98. The molecule has 1 aromatic carbocycles. The van der Waals surface area contributed by atoms with Gasteiger partial charge in [-0.15, -0.1) is 0 Å². The Balaban J connectivity index is 2.62. The molecule has 0 saturated heterocycles. The summed E-state index contributed by atoms with van der Waals surface area (Å²) in [6.07, 6.45) is 0.383. The minimum atomic E-state index is -0.496. The molecule has 1 aromatic rings. The molecule has 1 amide bonds. The SMILES string of the molecule is CC(C)NC(CCOc1cc(Br)cc([N+](=O)[O-])c1)C(N)=O. The van der Waals surface area contributed by atoms with Gasteiger partial charge in [0, 0.05) is 23.0 Å². The summed E-state index contributed by atoms with van der Waals surface area (Å²) in [5.41, 5.74) is 5.23. The number of nitro benzene ring substituents is 1. The highest BCUT2D eigenvalue weighted by Gasteiger charge is 2.16. The highest BCUT2D eigenvalue weighted by Crippen LogP contribution is 2.26. The van der Waals surface area contributed by atoms with Crippen LogP contribution in [-0.2, 0) is 4.79 Å². The number of hydrogen-bond acceptors (Lipinski definition) is 5. The molecule has 0 spiro atoms. The lowest BCUT2D eigenvalue weighted by atomic mass is 10.2. The highest BCUT2D eigenvalue weighted by atomic mass is 79.9. The van der Waals surface area contributed by atoms with Crippen LogP contribution in [-0.4, -0.2) is 29.5 Å². The molecule has 1 unspecified atom stereocenters.